The largest absolute Gasteiger partial charge is 1.00 e. The average Bonchev–Trinajstić information content (AvgIpc) is 2.51. The quantitative estimate of drug-likeness (QED) is 0.259. The van der Waals surface area contributed by atoms with Crippen molar-refractivity contribution in [2.45, 2.75) is 110 Å². The summed E-state index contributed by atoms with van der Waals surface area (Å²) in [5.74, 6) is -0.653. The van der Waals surface area contributed by atoms with E-state index in [0.29, 0.717) is 6.42 Å². The summed E-state index contributed by atoms with van der Waals surface area (Å²) in [5, 5.41) is 8.52. The van der Waals surface area contributed by atoms with Gasteiger partial charge in [0.1, 0.15) is 0 Å². The topological polar surface area (TPSA) is 37.3 Å². The van der Waals surface area contributed by atoms with Crippen LogP contribution in [0, 0.1) is 6.92 Å². The molecule has 0 radical (unpaired) electrons. The van der Waals surface area contributed by atoms with Gasteiger partial charge in [0.05, 0.1) is 0 Å². The van der Waals surface area contributed by atoms with Gasteiger partial charge < -0.3 is 5.11 Å². The first-order valence-corrected chi connectivity index (χ1v) is 9.80. The summed E-state index contributed by atoms with van der Waals surface area (Å²) in [5.41, 5.74) is 0. The second kappa shape index (κ2) is 27.5. The van der Waals surface area contributed by atoms with Gasteiger partial charge in [-0.05, 0) is 6.42 Å². The van der Waals surface area contributed by atoms with Crippen molar-refractivity contribution in [3.63, 3.8) is 0 Å². The molecular formula is C21H41LiO2. The van der Waals surface area contributed by atoms with E-state index in [1.54, 1.807) is 0 Å². The van der Waals surface area contributed by atoms with Crippen LogP contribution in [0.5, 0.6) is 0 Å². The number of hydrogen-bond donors (Lipinski definition) is 1. The molecule has 3 heteroatoms. The van der Waals surface area contributed by atoms with Gasteiger partial charge in [-0.15, -0.1) is 0 Å². The van der Waals surface area contributed by atoms with Gasteiger partial charge in [0.25, 0.3) is 0 Å². The zero-order valence-electron chi connectivity index (χ0n) is 16.7. The first-order chi connectivity index (χ1) is 11.2. The average molecular weight is 332 g/mol. The first kappa shape index (κ1) is 28.5. The molecule has 138 valence electrons. The van der Waals surface area contributed by atoms with Crippen molar-refractivity contribution < 1.29 is 28.8 Å². The summed E-state index contributed by atoms with van der Waals surface area (Å²) >= 11 is 0. The second-order valence-electron chi connectivity index (χ2n) is 6.38. The van der Waals surface area contributed by atoms with E-state index in [2.05, 4.69) is 20.4 Å². The van der Waals surface area contributed by atoms with Gasteiger partial charge in [0.15, 0.2) is 0 Å². The van der Waals surface area contributed by atoms with Crippen LogP contribution in [-0.2, 0) is 4.79 Å². The van der Waals surface area contributed by atoms with Crippen LogP contribution in [0.4, 0.5) is 0 Å². The van der Waals surface area contributed by atoms with Crippen LogP contribution in [0.2, 0.25) is 0 Å². The van der Waals surface area contributed by atoms with E-state index < -0.39 is 5.97 Å². The number of hydrogen-bond acceptors (Lipinski definition) is 1. The van der Waals surface area contributed by atoms with Crippen LogP contribution >= 0.6 is 0 Å². The Morgan fingerprint density at radius 1 is 0.792 bits per heavy atom. The van der Waals surface area contributed by atoms with Gasteiger partial charge in [0.2, 0.25) is 0 Å². The predicted octanol–water partition coefficient (Wildman–Crippen LogP) is 4.34. The maximum atomic E-state index is 10.3. The number of unbranched alkanes of at least 4 members (excludes halogenated alkanes) is 14. The summed E-state index contributed by atoms with van der Waals surface area (Å²) in [4.78, 5) is 10.3. The Morgan fingerprint density at radius 3 is 1.29 bits per heavy atom. The van der Waals surface area contributed by atoms with Crippen molar-refractivity contribution in [3.05, 3.63) is 19.6 Å². The van der Waals surface area contributed by atoms with Crippen LogP contribution in [-0.4, -0.2) is 11.1 Å². The van der Waals surface area contributed by atoms with Gasteiger partial charge in [-0.25, -0.2) is 19.6 Å². The van der Waals surface area contributed by atoms with E-state index >= 15 is 0 Å². The van der Waals surface area contributed by atoms with Crippen molar-refractivity contribution in [3.8, 4) is 0 Å². The summed E-state index contributed by atoms with van der Waals surface area (Å²) in [6, 6.07) is 0. The molecule has 0 aromatic rings. The van der Waals surface area contributed by atoms with Crippen molar-refractivity contribution in [2.75, 3.05) is 0 Å². The molecular weight excluding hydrogens is 291 g/mol. The maximum Gasteiger partial charge on any atom is 1.00 e. The Bertz CT molecular complexity index is 242. The van der Waals surface area contributed by atoms with E-state index in [9.17, 15) is 4.79 Å². The third-order valence-corrected chi connectivity index (χ3v) is 3.99. The van der Waals surface area contributed by atoms with Crippen LogP contribution in [0.1, 0.15) is 110 Å². The number of aliphatic carboxylic acids is 1. The van der Waals surface area contributed by atoms with Crippen LogP contribution < -0.4 is 18.9 Å². The van der Waals surface area contributed by atoms with E-state index in [0.717, 1.165) is 12.8 Å². The zero-order valence-corrected chi connectivity index (χ0v) is 16.7. The van der Waals surface area contributed by atoms with Gasteiger partial charge in [-0.2, -0.15) is 0 Å². The van der Waals surface area contributed by atoms with Gasteiger partial charge >= 0.3 is 24.8 Å². The molecule has 0 aromatic carbocycles. The standard InChI is InChI=1S/C18H36O2.C3H5.Li/c1-2-3-4-5-6-7-8-9-10-11-12-13-14-15-16-17-18(19)20;1-3-2;/h2-17H2,1H3,(H,19,20);3H,1-2H2;/q;-1;+1. The molecule has 0 heterocycles. The molecule has 1 N–H and O–H groups in total. The normalized spacial score (nSPS) is 9.54. The van der Waals surface area contributed by atoms with Gasteiger partial charge in [-0.1, -0.05) is 96.8 Å². The van der Waals surface area contributed by atoms with E-state index in [-0.39, 0.29) is 18.9 Å². The van der Waals surface area contributed by atoms with Crippen molar-refractivity contribution in [1.82, 2.24) is 0 Å². The molecule has 0 unspecified atom stereocenters. The summed E-state index contributed by atoms with van der Waals surface area (Å²) in [7, 11) is 0. The predicted molar refractivity (Wildman–Crippen MR) is 103 cm³/mol. The first-order valence-electron chi connectivity index (χ1n) is 9.80. The SMILES string of the molecule is C=C[CH2-].CCCCCCCCCCCCCCCCCC(=O)O.[Li+]. The molecule has 0 spiro atoms. The number of allylic oxidation sites excluding steroid dienone is 1. The number of carboxylic acid groups (broad SMARTS) is 1. The van der Waals surface area contributed by atoms with E-state index in [4.69, 9.17) is 5.11 Å². The minimum atomic E-state index is -0.653. The summed E-state index contributed by atoms with van der Waals surface area (Å²) < 4.78 is 0. The molecule has 24 heavy (non-hydrogen) atoms. The van der Waals surface area contributed by atoms with Crippen LogP contribution in [0.3, 0.4) is 0 Å². The minimum Gasteiger partial charge on any atom is -0.481 e. The molecule has 0 amide bonds. The fourth-order valence-electron chi connectivity index (χ4n) is 2.65. The molecule has 0 aliphatic carbocycles. The molecule has 0 aromatic heterocycles. The molecule has 0 aliphatic heterocycles. The molecule has 0 saturated heterocycles. The van der Waals surface area contributed by atoms with Crippen LogP contribution in [0.25, 0.3) is 0 Å². The number of rotatable bonds is 16. The Balaban J connectivity index is -0.00000102. The van der Waals surface area contributed by atoms with E-state index in [1.807, 2.05) is 0 Å². The van der Waals surface area contributed by atoms with Crippen LogP contribution in [0.15, 0.2) is 12.7 Å². The number of carbonyl (C=O) groups is 1. The van der Waals surface area contributed by atoms with Crippen molar-refractivity contribution >= 4 is 5.97 Å². The van der Waals surface area contributed by atoms with E-state index in [1.165, 1.54) is 89.5 Å². The third-order valence-electron chi connectivity index (χ3n) is 3.99. The maximum absolute atomic E-state index is 10.3. The fourth-order valence-corrected chi connectivity index (χ4v) is 2.65. The Kier molecular flexibility index (Phi) is 32.7. The molecule has 0 atom stereocenters. The van der Waals surface area contributed by atoms with Gasteiger partial charge in [-0.3, -0.25) is 4.79 Å². The number of carboxylic acids is 1. The monoisotopic (exact) mass is 332 g/mol. The molecule has 0 fully saturated rings. The Labute approximate surface area is 164 Å². The minimum absolute atomic E-state index is 0. The molecule has 0 bridgehead atoms. The molecule has 0 saturated carbocycles. The van der Waals surface area contributed by atoms with Crippen molar-refractivity contribution in [1.29, 1.82) is 0 Å². The smallest absolute Gasteiger partial charge is 0.481 e. The second-order valence-corrected chi connectivity index (χ2v) is 6.38. The third kappa shape index (κ3) is 33.3. The Morgan fingerprint density at radius 2 is 1.04 bits per heavy atom. The molecule has 2 nitrogen and oxygen atoms in total. The summed E-state index contributed by atoms with van der Waals surface area (Å²) in [6.07, 6.45) is 21.7. The van der Waals surface area contributed by atoms with Crippen molar-refractivity contribution in [2.24, 2.45) is 0 Å². The fraction of sp³-hybridized carbons (Fsp3) is 0.810. The van der Waals surface area contributed by atoms with Gasteiger partial charge in [0, 0.05) is 6.42 Å². The molecule has 0 aliphatic rings. The Hall–Kier alpha value is -0.323. The summed E-state index contributed by atoms with van der Waals surface area (Å²) in [6.45, 7) is 8.77. The molecule has 0 rings (SSSR count). The zero-order chi connectivity index (χ0) is 17.6.